The van der Waals surface area contributed by atoms with E-state index >= 15 is 0 Å². The maximum atomic E-state index is 12.6. The number of ether oxygens (including phenoxy) is 2. The topological polar surface area (TPSA) is 50.8 Å². The van der Waals surface area contributed by atoms with Gasteiger partial charge in [0.15, 0.2) is 17.6 Å². The number of nitrogens with one attached hydrogen (secondary N) is 1. The fraction of sp³-hybridized carbons (Fsp3) is 0.350. The summed E-state index contributed by atoms with van der Waals surface area (Å²) in [5.74, 6) is 1.33. The molecule has 0 saturated carbocycles. The van der Waals surface area contributed by atoms with Gasteiger partial charge in [-0.3, -0.25) is 0 Å². The molecule has 0 radical (unpaired) electrons. The highest BCUT2D eigenvalue weighted by atomic mass is 19.4. The van der Waals surface area contributed by atoms with E-state index in [1.807, 2.05) is 24.3 Å². The van der Waals surface area contributed by atoms with Gasteiger partial charge in [0.2, 0.25) is 0 Å². The highest BCUT2D eigenvalue weighted by molar-refractivity contribution is 5.73. The first-order valence-electron chi connectivity index (χ1n) is 8.86. The maximum Gasteiger partial charge on any atom is 0.416 e. The number of para-hydroxylation sites is 2. The number of rotatable bonds is 5. The standard InChI is InChI=1S/C20H21F3N2O3/c1-25(12-16-13-27-17-4-2-3-5-18(17)28-16)19(26)24-11-10-14-6-8-15(9-7-14)20(21,22)23/h2-9,16H,10-13H2,1H3,(H,24,26). The van der Waals surface area contributed by atoms with Crippen molar-refractivity contribution in [3.8, 4) is 11.5 Å². The summed E-state index contributed by atoms with van der Waals surface area (Å²) in [6.07, 6.45) is -4.18. The molecule has 3 rings (SSSR count). The van der Waals surface area contributed by atoms with Crippen molar-refractivity contribution < 1.29 is 27.4 Å². The normalized spacial score (nSPS) is 15.8. The quantitative estimate of drug-likeness (QED) is 0.841. The number of likely N-dealkylation sites (N-methyl/N-ethyl adjacent to an activating group) is 1. The smallest absolute Gasteiger partial charge is 0.416 e. The highest BCUT2D eigenvalue weighted by Gasteiger charge is 2.30. The van der Waals surface area contributed by atoms with Crippen molar-refractivity contribution in [3.05, 3.63) is 59.7 Å². The number of hydrogen-bond donors (Lipinski definition) is 1. The summed E-state index contributed by atoms with van der Waals surface area (Å²) in [5.41, 5.74) is 0.0351. The van der Waals surface area contributed by atoms with Crippen LogP contribution in [0, 0.1) is 0 Å². The lowest BCUT2D eigenvalue weighted by molar-refractivity contribution is -0.137. The molecule has 5 nitrogen and oxygen atoms in total. The molecule has 1 heterocycles. The van der Waals surface area contributed by atoms with Gasteiger partial charge >= 0.3 is 12.2 Å². The molecular formula is C20H21F3N2O3. The van der Waals surface area contributed by atoms with Crippen LogP contribution in [0.4, 0.5) is 18.0 Å². The number of benzene rings is 2. The molecule has 28 heavy (non-hydrogen) atoms. The van der Waals surface area contributed by atoms with Gasteiger partial charge in [0.25, 0.3) is 0 Å². The Balaban J connectivity index is 1.42. The minimum absolute atomic E-state index is 0.277. The summed E-state index contributed by atoms with van der Waals surface area (Å²) in [6.45, 7) is 1.01. The Labute approximate surface area is 161 Å². The van der Waals surface area contributed by atoms with Crippen LogP contribution in [0.3, 0.4) is 0 Å². The first-order valence-corrected chi connectivity index (χ1v) is 8.86. The Hall–Kier alpha value is -2.90. The molecule has 0 bridgehead atoms. The Morgan fingerprint density at radius 1 is 1.14 bits per heavy atom. The van der Waals surface area contributed by atoms with E-state index in [1.54, 1.807) is 7.05 Å². The second kappa shape index (κ2) is 8.41. The molecule has 0 spiro atoms. The Morgan fingerprint density at radius 3 is 2.50 bits per heavy atom. The predicted molar refractivity (Wildman–Crippen MR) is 97.5 cm³/mol. The van der Waals surface area contributed by atoms with Gasteiger partial charge in [-0.2, -0.15) is 13.2 Å². The zero-order chi connectivity index (χ0) is 20.1. The predicted octanol–water partition coefficient (Wildman–Crippen LogP) is 3.73. The Kier molecular flexibility index (Phi) is 5.96. The minimum Gasteiger partial charge on any atom is -0.486 e. The molecule has 2 aromatic carbocycles. The molecule has 0 fully saturated rings. The molecule has 1 unspecified atom stereocenters. The van der Waals surface area contributed by atoms with Crippen LogP contribution >= 0.6 is 0 Å². The van der Waals surface area contributed by atoms with Crippen LogP contribution in [-0.2, 0) is 12.6 Å². The minimum atomic E-state index is -4.35. The van der Waals surface area contributed by atoms with E-state index in [0.717, 1.165) is 17.7 Å². The third-order valence-corrected chi connectivity index (χ3v) is 4.36. The van der Waals surface area contributed by atoms with Crippen molar-refractivity contribution in [2.24, 2.45) is 0 Å². The molecule has 0 aliphatic carbocycles. The molecule has 2 amide bonds. The van der Waals surface area contributed by atoms with Crippen molar-refractivity contribution in [2.45, 2.75) is 18.7 Å². The average molecular weight is 394 g/mol. The lowest BCUT2D eigenvalue weighted by atomic mass is 10.1. The van der Waals surface area contributed by atoms with Gasteiger partial charge in [-0.15, -0.1) is 0 Å². The van der Waals surface area contributed by atoms with Crippen molar-refractivity contribution in [2.75, 3.05) is 26.7 Å². The van der Waals surface area contributed by atoms with Gasteiger partial charge in [0, 0.05) is 13.6 Å². The van der Waals surface area contributed by atoms with E-state index in [-0.39, 0.29) is 12.1 Å². The molecular weight excluding hydrogens is 373 g/mol. The van der Waals surface area contributed by atoms with Crippen molar-refractivity contribution in [3.63, 3.8) is 0 Å². The van der Waals surface area contributed by atoms with Crippen LogP contribution < -0.4 is 14.8 Å². The van der Waals surface area contributed by atoms with E-state index in [9.17, 15) is 18.0 Å². The molecule has 1 atom stereocenters. The first-order chi connectivity index (χ1) is 13.3. The first kappa shape index (κ1) is 19.9. The molecule has 1 aliphatic rings. The lowest BCUT2D eigenvalue weighted by Gasteiger charge is -2.29. The van der Waals surface area contributed by atoms with Crippen LogP contribution in [0.5, 0.6) is 11.5 Å². The summed E-state index contributed by atoms with van der Waals surface area (Å²) in [6, 6.07) is 12.0. The molecule has 0 aromatic heterocycles. The molecule has 1 aliphatic heterocycles. The summed E-state index contributed by atoms with van der Waals surface area (Å²) in [5, 5.41) is 2.75. The van der Waals surface area contributed by atoms with Crippen LogP contribution in [0.2, 0.25) is 0 Å². The van der Waals surface area contributed by atoms with Crippen LogP contribution in [0.1, 0.15) is 11.1 Å². The number of carbonyl (C=O) groups is 1. The van der Waals surface area contributed by atoms with E-state index in [0.29, 0.717) is 37.6 Å². The van der Waals surface area contributed by atoms with E-state index < -0.39 is 11.7 Å². The summed E-state index contributed by atoms with van der Waals surface area (Å²) in [4.78, 5) is 13.7. The number of nitrogens with zero attached hydrogens (tertiary/aromatic N) is 1. The SMILES string of the molecule is CN(CC1COc2ccccc2O1)C(=O)NCCc1ccc(C(F)(F)F)cc1. The van der Waals surface area contributed by atoms with Gasteiger partial charge < -0.3 is 19.7 Å². The van der Waals surface area contributed by atoms with Crippen molar-refractivity contribution in [1.29, 1.82) is 0 Å². The second-order valence-corrected chi connectivity index (χ2v) is 6.55. The van der Waals surface area contributed by atoms with Gasteiger partial charge in [-0.1, -0.05) is 24.3 Å². The van der Waals surface area contributed by atoms with Gasteiger partial charge in [0.1, 0.15) is 6.61 Å². The average Bonchev–Trinajstić information content (AvgIpc) is 2.67. The largest absolute Gasteiger partial charge is 0.486 e. The second-order valence-electron chi connectivity index (χ2n) is 6.55. The summed E-state index contributed by atoms with van der Waals surface area (Å²) < 4.78 is 49.1. The summed E-state index contributed by atoms with van der Waals surface area (Å²) >= 11 is 0. The molecule has 1 N–H and O–H groups in total. The molecule has 2 aromatic rings. The number of hydrogen-bond acceptors (Lipinski definition) is 3. The number of urea groups is 1. The fourth-order valence-electron chi connectivity index (χ4n) is 2.85. The van der Waals surface area contributed by atoms with E-state index in [4.69, 9.17) is 9.47 Å². The van der Waals surface area contributed by atoms with E-state index in [2.05, 4.69) is 5.32 Å². The molecule has 8 heteroatoms. The number of halogens is 3. The summed E-state index contributed by atoms with van der Waals surface area (Å²) in [7, 11) is 1.65. The highest BCUT2D eigenvalue weighted by Crippen LogP contribution is 2.31. The zero-order valence-electron chi connectivity index (χ0n) is 15.3. The maximum absolute atomic E-state index is 12.6. The molecule has 150 valence electrons. The fourth-order valence-corrected chi connectivity index (χ4v) is 2.85. The zero-order valence-corrected chi connectivity index (χ0v) is 15.3. The van der Waals surface area contributed by atoms with Gasteiger partial charge in [-0.25, -0.2) is 4.79 Å². The third-order valence-electron chi connectivity index (χ3n) is 4.36. The monoisotopic (exact) mass is 394 g/mol. The number of carbonyl (C=O) groups excluding carboxylic acids is 1. The van der Waals surface area contributed by atoms with Crippen LogP contribution in [-0.4, -0.2) is 43.8 Å². The number of amides is 2. The Morgan fingerprint density at radius 2 is 1.82 bits per heavy atom. The van der Waals surface area contributed by atoms with Gasteiger partial charge in [-0.05, 0) is 36.2 Å². The lowest BCUT2D eigenvalue weighted by Crippen LogP contribution is -2.45. The van der Waals surface area contributed by atoms with Crippen LogP contribution in [0.25, 0.3) is 0 Å². The number of fused-ring (bicyclic) bond motifs is 1. The van der Waals surface area contributed by atoms with Crippen molar-refractivity contribution in [1.82, 2.24) is 10.2 Å². The van der Waals surface area contributed by atoms with E-state index in [1.165, 1.54) is 17.0 Å². The van der Waals surface area contributed by atoms with Crippen LogP contribution in [0.15, 0.2) is 48.5 Å². The number of alkyl halides is 3. The molecule has 0 saturated heterocycles. The third kappa shape index (κ3) is 5.09. The van der Waals surface area contributed by atoms with Gasteiger partial charge in [0.05, 0.1) is 12.1 Å². The Bertz CT molecular complexity index is 809. The van der Waals surface area contributed by atoms with Crippen molar-refractivity contribution >= 4 is 6.03 Å².